The molecule has 4 atom stereocenters. The van der Waals surface area contributed by atoms with E-state index in [1.165, 1.54) is 0 Å². The first-order valence-electron chi connectivity index (χ1n) is 4.88. The van der Waals surface area contributed by atoms with Crippen LogP contribution in [0.4, 0.5) is 0 Å². The molecule has 0 amide bonds. The predicted molar refractivity (Wildman–Crippen MR) is 63.7 cm³/mol. The van der Waals surface area contributed by atoms with Crippen molar-refractivity contribution in [2.75, 3.05) is 6.61 Å². The van der Waals surface area contributed by atoms with Crippen LogP contribution >= 0.6 is 22.6 Å². The van der Waals surface area contributed by atoms with Crippen molar-refractivity contribution >= 4 is 22.6 Å². The summed E-state index contributed by atoms with van der Waals surface area (Å²) in [6.07, 6.45) is -1.96. The second-order valence-corrected chi connectivity index (χ2v) is 4.79. The van der Waals surface area contributed by atoms with Crippen LogP contribution in [0.3, 0.4) is 0 Å². The van der Waals surface area contributed by atoms with Crippen molar-refractivity contribution in [3.05, 3.63) is 27.6 Å². The van der Waals surface area contributed by atoms with Crippen LogP contribution in [0.15, 0.2) is 18.3 Å². The number of halogens is 1. The van der Waals surface area contributed by atoms with E-state index in [0.717, 1.165) is 3.57 Å². The zero-order valence-electron chi connectivity index (χ0n) is 8.32. The van der Waals surface area contributed by atoms with Gasteiger partial charge >= 0.3 is 0 Å². The van der Waals surface area contributed by atoms with Gasteiger partial charge in [-0.05, 0) is 34.7 Å². The van der Waals surface area contributed by atoms with Gasteiger partial charge in [-0.2, -0.15) is 0 Å². The van der Waals surface area contributed by atoms with Gasteiger partial charge in [-0.15, -0.1) is 0 Å². The molecule has 0 aromatic carbocycles. The normalized spacial score (nSPS) is 34.2. The Hall–Kier alpha value is -0.280. The highest BCUT2D eigenvalue weighted by Gasteiger charge is 2.44. The molecule has 1 aliphatic heterocycles. The maximum Gasteiger partial charge on any atom is 0.130 e. The minimum Gasteiger partial charge on any atom is -0.394 e. The Bertz CT molecular complexity index is 376. The maximum atomic E-state index is 9.81. The summed E-state index contributed by atoms with van der Waals surface area (Å²) in [5.41, 5.74) is 0.589. The smallest absolute Gasteiger partial charge is 0.130 e. The van der Waals surface area contributed by atoms with Gasteiger partial charge < -0.3 is 20.1 Å². The number of pyridine rings is 1. The molecule has 0 saturated carbocycles. The van der Waals surface area contributed by atoms with E-state index < -0.39 is 24.4 Å². The average Bonchev–Trinajstić information content (AvgIpc) is 2.57. The van der Waals surface area contributed by atoms with Crippen molar-refractivity contribution < 1.29 is 20.1 Å². The molecule has 1 fully saturated rings. The van der Waals surface area contributed by atoms with Crippen LogP contribution < -0.4 is 0 Å². The Kier molecular flexibility index (Phi) is 3.75. The Labute approximate surface area is 106 Å². The molecule has 88 valence electrons. The van der Waals surface area contributed by atoms with E-state index in [1.807, 2.05) is 6.07 Å². The summed E-state index contributed by atoms with van der Waals surface area (Å²) in [5, 5.41) is 28.4. The fraction of sp³-hybridized carbons (Fsp3) is 0.500. The SMILES string of the molecule is OC[C@H]1O[C@@H](c2ncccc2I)[C@H](O)[C@@H]1O. The first-order chi connectivity index (χ1) is 7.65. The molecule has 1 saturated heterocycles. The summed E-state index contributed by atoms with van der Waals surface area (Å²) in [6.45, 7) is -0.321. The number of rotatable bonds is 2. The van der Waals surface area contributed by atoms with Gasteiger partial charge in [0.25, 0.3) is 0 Å². The van der Waals surface area contributed by atoms with E-state index in [4.69, 9.17) is 9.84 Å². The zero-order valence-corrected chi connectivity index (χ0v) is 10.5. The van der Waals surface area contributed by atoms with Gasteiger partial charge in [0, 0.05) is 9.77 Å². The first-order valence-corrected chi connectivity index (χ1v) is 5.96. The van der Waals surface area contributed by atoms with Crippen molar-refractivity contribution in [2.24, 2.45) is 0 Å². The summed E-state index contributed by atoms with van der Waals surface area (Å²) in [6, 6.07) is 3.63. The van der Waals surface area contributed by atoms with Crippen LogP contribution in [0.25, 0.3) is 0 Å². The Morgan fingerprint density at radius 3 is 2.69 bits per heavy atom. The molecule has 1 aromatic rings. The molecule has 0 aliphatic carbocycles. The lowest BCUT2D eigenvalue weighted by Crippen LogP contribution is -2.32. The lowest BCUT2D eigenvalue weighted by molar-refractivity contribution is -0.0241. The van der Waals surface area contributed by atoms with Crippen molar-refractivity contribution in [3.8, 4) is 0 Å². The lowest BCUT2D eigenvalue weighted by atomic mass is 10.1. The van der Waals surface area contributed by atoms with E-state index in [0.29, 0.717) is 5.69 Å². The maximum absolute atomic E-state index is 9.81. The topological polar surface area (TPSA) is 82.8 Å². The average molecular weight is 337 g/mol. The fourth-order valence-corrected chi connectivity index (χ4v) is 2.39. The third kappa shape index (κ3) is 2.07. The molecule has 2 heterocycles. The molecule has 1 aliphatic rings. The van der Waals surface area contributed by atoms with Crippen LogP contribution in [0, 0.1) is 3.57 Å². The Balaban J connectivity index is 2.26. The van der Waals surface area contributed by atoms with Gasteiger partial charge in [0.15, 0.2) is 0 Å². The molecule has 5 nitrogen and oxygen atoms in total. The number of nitrogens with zero attached hydrogens (tertiary/aromatic N) is 1. The van der Waals surface area contributed by atoms with E-state index >= 15 is 0 Å². The number of hydrogen-bond donors (Lipinski definition) is 3. The molecule has 0 radical (unpaired) electrons. The van der Waals surface area contributed by atoms with E-state index in [1.54, 1.807) is 12.3 Å². The third-order valence-corrected chi connectivity index (χ3v) is 3.51. The van der Waals surface area contributed by atoms with Crippen LogP contribution in [0.2, 0.25) is 0 Å². The molecule has 2 rings (SSSR count). The van der Waals surface area contributed by atoms with Crippen molar-refractivity contribution in [3.63, 3.8) is 0 Å². The van der Waals surface area contributed by atoms with Crippen molar-refractivity contribution in [2.45, 2.75) is 24.4 Å². The summed E-state index contributed by atoms with van der Waals surface area (Å²) >= 11 is 2.09. The number of aliphatic hydroxyl groups is 3. The second-order valence-electron chi connectivity index (χ2n) is 3.63. The van der Waals surface area contributed by atoms with Crippen LogP contribution in [-0.4, -0.2) is 45.2 Å². The van der Waals surface area contributed by atoms with E-state index in [2.05, 4.69) is 27.6 Å². The third-order valence-electron chi connectivity index (χ3n) is 2.60. The molecule has 1 aromatic heterocycles. The summed E-state index contributed by atoms with van der Waals surface area (Å²) in [5.74, 6) is 0. The van der Waals surface area contributed by atoms with Gasteiger partial charge in [-0.1, -0.05) is 0 Å². The van der Waals surface area contributed by atoms with Crippen molar-refractivity contribution in [1.82, 2.24) is 4.98 Å². The minimum atomic E-state index is -1.08. The second kappa shape index (κ2) is 4.92. The van der Waals surface area contributed by atoms with Gasteiger partial charge in [-0.25, -0.2) is 0 Å². The molecule has 3 N–H and O–H groups in total. The van der Waals surface area contributed by atoms with E-state index in [9.17, 15) is 10.2 Å². The number of aromatic nitrogens is 1. The monoisotopic (exact) mass is 337 g/mol. The minimum absolute atomic E-state index is 0.321. The zero-order chi connectivity index (χ0) is 11.7. The molecule has 0 bridgehead atoms. The largest absolute Gasteiger partial charge is 0.394 e. The van der Waals surface area contributed by atoms with Crippen LogP contribution in [0.5, 0.6) is 0 Å². The molecular formula is C10H12INO4. The molecular weight excluding hydrogens is 325 g/mol. The Morgan fingerprint density at radius 1 is 1.38 bits per heavy atom. The number of hydrogen-bond acceptors (Lipinski definition) is 5. The quantitative estimate of drug-likeness (QED) is 0.654. The lowest BCUT2D eigenvalue weighted by Gasteiger charge is -2.15. The fourth-order valence-electron chi connectivity index (χ4n) is 1.73. The summed E-state index contributed by atoms with van der Waals surface area (Å²) < 4.78 is 6.24. The first kappa shape index (κ1) is 12.2. The molecule has 0 unspecified atom stereocenters. The standard InChI is InChI=1S/C10H12INO4/c11-5-2-1-3-12-7(5)10-9(15)8(14)6(4-13)16-10/h1-3,6,8-10,13-15H,4H2/t6-,8-,9-,10+/m1/s1. The molecule has 16 heavy (non-hydrogen) atoms. The predicted octanol–water partition coefficient (Wildman–Crippen LogP) is -0.160. The highest BCUT2D eigenvalue weighted by atomic mass is 127. The number of aliphatic hydroxyl groups excluding tert-OH is 3. The molecule has 0 spiro atoms. The highest BCUT2D eigenvalue weighted by Crippen LogP contribution is 2.34. The van der Waals surface area contributed by atoms with Crippen LogP contribution in [-0.2, 0) is 4.74 Å². The number of ether oxygens (including phenoxy) is 1. The summed E-state index contributed by atoms with van der Waals surface area (Å²) in [4.78, 5) is 4.13. The van der Waals surface area contributed by atoms with Crippen molar-refractivity contribution in [1.29, 1.82) is 0 Å². The van der Waals surface area contributed by atoms with Gasteiger partial charge in [-0.3, -0.25) is 4.98 Å². The van der Waals surface area contributed by atoms with Gasteiger partial charge in [0.2, 0.25) is 0 Å². The van der Waals surface area contributed by atoms with Crippen LogP contribution in [0.1, 0.15) is 11.8 Å². The molecule has 6 heteroatoms. The highest BCUT2D eigenvalue weighted by molar-refractivity contribution is 14.1. The van der Waals surface area contributed by atoms with E-state index in [-0.39, 0.29) is 6.61 Å². The van der Waals surface area contributed by atoms with Gasteiger partial charge in [0.05, 0.1) is 12.3 Å². The van der Waals surface area contributed by atoms with Gasteiger partial charge in [0.1, 0.15) is 24.4 Å². The summed E-state index contributed by atoms with van der Waals surface area (Å²) in [7, 11) is 0. The Morgan fingerprint density at radius 2 is 2.12 bits per heavy atom.